The maximum Gasteiger partial charge on any atom is 0.144 e. The minimum absolute atomic E-state index is 0.595. The molecule has 4 nitrogen and oxygen atoms in total. The lowest BCUT2D eigenvalue weighted by molar-refractivity contribution is 1.06. The number of hydrogen-bond acceptors (Lipinski definition) is 4. The monoisotopic (exact) mass is 238 g/mol. The van der Waals surface area contributed by atoms with Crippen LogP contribution in [0.3, 0.4) is 0 Å². The highest BCUT2D eigenvalue weighted by atomic mass is 15.0. The number of pyridine rings is 2. The first-order valence-electron chi connectivity index (χ1n) is 5.72. The zero-order valence-corrected chi connectivity index (χ0v) is 10.4. The molecule has 0 unspecified atom stereocenters. The third kappa shape index (κ3) is 2.64. The Bertz CT molecular complexity index is 582. The summed E-state index contributed by atoms with van der Waals surface area (Å²) in [7, 11) is 0. The van der Waals surface area contributed by atoms with Gasteiger partial charge in [-0.05, 0) is 37.1 Å². The van der Waals surface area contributed by atoms with Crippen LogP contribution in [0.4, 0.5) is 5.82 Å². The Balaban J connectivity index is 2.14. The van der Waals surface area contributed by atoms with Gasteiger partial charge in [0, 0.05) is 24.6 Å². The highest BCUT2D eigenvalue weighted by molar-refractivity contribution is 5.55. The van der Waals surface area contributed by atoms with Gasteiger partial charge in [0.15, 0.2) is 0 Å². The van der Waals surface area contributed by atoms with Gasteiger partial charge < -0.3 is 5.32 Å². The summed E-state index contributed by atoms with van der Waals surface area (Å²) in [6.07, 6.45) is 3.52. The second-order valence-corrected chi connectivity index (χ2v) is 4.12. The van der Waals surface area contributed by atoms with Gasteiger partial charge in [-0.3, -0.25) is 4.98 Å². The summed E-state index contributed by atoms with van der Waals surface area (Å²) in [6.45, 7) is 4.46. The van der Waals surface area contributed by atoms with E-state index in [1.807, 2.05) is 38.2 Å². The van der Waals surface area contributed by atoms with Crippen LogP contribution in [0.1, 0.15) is 22.4 Å². The van der Waals surface area contributed by atoms with Gasteiger partial charge in [-0.25, -0.2) is 4.98 Å². The molecule has 0 fully saturated rings. The lowest BCUT2D eigenvalue weighted by Crippen LogP contribution is -2.04. The predicted octanol–water partition coefficient (Wildman–Crippen LogP) is 2.58. The Morgan fingerprint density at radius 1 is 1.22 bits per heavy atom. The van der Waals surface area contributed by atoms with Crippen molar-refractivity contribution in [2.75, 3.05) is 5.32 Å². The van der Waals surface area contributed by atoms with E-state index < -0.39 is 0 Å². The first kappa shape index (κ1) is 12.1. The van der Waals surface area contributed by atoms with Crippen molar-refractivity contribution in [1.82, 2.24) is 9.97 Å². The standard InChI is InChI=1S/C14H14N4/c1-10-5-6-16-14(13(10)7-15)18-9-12-4-3-11(2)17-8-12/h3-6,8H,9H2,1-2H3,(H,16,18). The molecule has 0 amide bonds. The predicted molar refractivity (Wildman–Crippen MR) is 70.0 cm³/mol. The highest BCUT2D eigenvalue weighted by Gasteiger charge is 2.05. The van der Waals surface area contributed by atoms with Crippen molar-refractivity contribution in [3.05, 3.63) is 53.0 Å². The fourth-order valence-corrected chi connectivity index (χ4v) is 1.62. The molecule has 2 aromatic heterocycles. The van der Waals surface area contributed by atoms with Crippen molar-refractivity contribution in [3.63, 3.8) is 0 Å². The Kier molecular flexibility index (Phi) is 3.54. The van der Waals surface area contributed by atoms with Crippen LogP contribution in [0.25, 0.3) is 0 Å². The number of nitriles is 1. The number of aryl methyl sites for hydroxylation is 2. The van der Waals surface area contributed by atoms with Crippen LogP contribution in [-0.2, 0) is 6.54 Å². The van der Waals surface area contributed by atoms with E-state index in [0.717, 1.165) is 16.8 Å². The summed E-state index contributed by atoms with van der Waals surface area (Å²) in [4.78, 5) is 8.42. The molecule has 1 N–H and O–H groups in total. The Morgan fingerprint density at radius 2 is 2.06 bits per heavy atom. The van der Waals surface area contributed by atoms with E-state index in [0.29, 0.717) is 17.9 Å². The SMILES string of the molecule is Cc1ccc(CNc2nccc(C)c2C#N)cn1. The fourth-order valence-electron chi connectivity index (χ4n) is 1.62. The average molecular weight is 238 g/mol. The summed E-state index contributed by atoms with van der Waals surface area (Å²) in [5.41, 5.74) is 3.58. The summed E-state index contributed by atoms with van der Waals surface area (Å²) in [6, 6.07) is 7.97. The lowest BCUT2D eigenvalue weighted by Gasteiger charge is -2.08. The van der Waals surface area contributed by atoms with Crippen LogP contribution in [0.2, 0.25) is 0 Å². The van der Waals surface area contributed by atoms with Gasteiger partial charge in [0.2, 0.25) is 0 Å². The van der Waals surface area contributed by atoms with Gasteiger partial charge in [-0.15, -0.1) is 0 Å². The van der Waals surface area contributed by atoms with E-state index in [-0.39, 0.29) is 0 Å². The van der Waals surface area contributed by atoms with Crippen LogP contribution < -0.4 is 5.32 Å². The van der Waals surface area contributed by atoms with Gasteiger partial charge in [0.25, 0.3) is 0 Å². The fraction of sp³-hybridized carbons (Fsp3) is 0.214. The molecule has 0 aliphatic heterocycles. The lowest BCUT2D eigenvalue weighted by atomic mass is 10.1. The van der Waals surface area contributed by atoms with Gasteiger partial charge in [0.1, 0.15) is 11.9 Å². The number of aromatic nitrogens is 2. The zero-order valence-electron chi connectivity index (χ0n) is 10.4. The molecule has 90 valence electrons. The summed E-state index contributed by atoms with van der Waals surface area (Å²) in [5, 5.41) is 12.3. The molecule has 2 aromatic rings. The van der Waals surface area contributed by atoms with Crippen molar-refractivity contribution in [2.45, 2.75) is 20.4 Å². The van der Waals surface area contributed by atoms with Crippen LogP contribution in [0, 0.1) is 25.2 Å². The topological polar surface area (TPSA) is 61.6 Å². The third-order valence-electron chi connectivity index (χ3n) is 2.70. The summed E-state index contributed by atoms with van der Waals surface area (Å²) >= 11 is 0. The minimum Gasteiger partial charge on any atom is -0.365 e. The number of rotatable bonds is 3. The molecule has 0 radical (unpaired) electrons. The summed E-state index contributed by atoms with van der Waals surface area (Å²) in [5.74, 6) is 0.623. The molecule has 2 rings (SSSR count). The van der Waals surface area contributed by atoms with E-state index in [4.69, 9.17) is 5.26 Å². The molecule has 0 bridgehead atoms. The van der Waals surface area contributed by atoms with Crippen LogP contribution >= 0.6 is 0 Å². The molecular weight excluding hydrogens is 224 g/mol. The van der Waals surface area contributed by atoms with E-state index in [2.05, 4.69) is 21.4 Å². The Hall–Kier alpha value is -2.41. The van der Waals surface area contributed by atoms with Gasteiger partial charge in [-0.2, -0.15) is 5.26 Å². The number of nitrogens with zero attached hydrogens (tertiary/aromatic N) is 3. The quantitative estimate of drug-likeness (QED) is 0.892. The average Bonchev–Trinajstić information content (AvgIpc) is 2.38. The molecule has 0 aliphatic carbocycles. The Labute approximate surface area is 106 Å². The van der Waals surface area contributed by atoms with Gasteiger partial charge in [0.05, 0.1) is 5.56 Å². The zero-order chi connectivity index (χ0) is 13.0. The molecule has 2 heterocycles. The van der Waals surface area contributed by atoms with Crippen LogP contribution in [-0.4, -0.2) is 9.97 Å². The molecule has 4 heteroatoms. The third-order valence-corrected chi connectivity index (χ3v) is 2.70. The molecular formula is C14H14N4. The molecule has 0 atom stereocenters. The van der Waals surface area contributed by atoms with Crippen molar-refractivity contribution in [2.24, 2.45) is 0 Å². The highest BCUT2D eigenvalue weighted by Crippen LogP contribution is 2.15. The van der Waals surface area contributed by atoms with Crippen molar-refractivity contribution < 1.29 is 0 Å². The summed E-state index contributed by atoms with van der Waals surface area (Å²) < 4.78 is 0. The first-order chi connectivity index (χ1) is 8.70. The molecule has 0 aromatic carbocycles. The normalized spacial score (nSPS) is 9.83. The molecule has 0 saturated carbocycles. The van der Waals surface area contributed by atoms with E-state index in [1.165, 1.54) is 0 Å². The van der Waals surface area contributed by atoms with E-state index in [9.17, 15) is 0 Å². The number of anilines is 1. The van der Waals surface area contributed by atoms with Crippen molar-refractivity contribution in [3.8, 4) is 6.07 Å². The Morgan fingerprint density at radius 3 is 2.72 bits per heavy atom. The van der Waals surface area contributed by atoms with E-state index >= 15 is 0 Å². The molecule has 18 heavy (non-hydrogen) atoms. The molecule has 0 spiro atoms. The number of hydrogen-bond donors (Lipinski definition) is 1. The van der Waals surface area contributed by atoms with Crippen LogP contribution in [0.15, 0.2) is 30.6 Å². The maximum atomic E-state index is 9.09. The smallest absolute Gasteiger partial charge is 0.144 e. The molecule has 0 saturated heterocycles. The minimum atomic E-state index is 0.595. The van der Waals surface area contributed by atoms with Crippen molar-refractivity contribution in [1.29, 1.82) is 5.26 Å². The first-order valence-corrected chi connectivity index (χ1v) is 5.72. The van der Waals surface area contributed by atoms with Gasteiger partial charge in [-0.1, -0.05) is 6.07 Å². The molecule has 0 aliphatic rings. The maximum absolute atomic E-state index is 9.09. The largest absolute Gasteiger partial charge is 0.365 e. The van der Waals surface area contributed by atoms with Crippen molar-refractivity contribution >= 4 is 5.82 Å². The van der Waals surface area contributed by atoms with E-state index in [1.54, 1.807) is 6.20 Å². The second kappa shape index (κ2) is 5.28. The van der Waals surface area contributed by atoms with Gasteiger partial charge >= 0.3 is 0 Å². The van der Waals surface area contributed by atoms with Crippen LogP contribution in [0.5, 0.6) is 0 Å². The number of nitrogens with one attached hydrogen (secondary N) is 1. The second-order valence-electron chi connectivity index (χ2n) is 4.12.